The van der Waals surface area contributed by atoms with Crippen molar-refractivity contribution in [3.63, 3.8) is 0 Å². The van der Waals surface area contributed by atoms with E-state index in [9.17, 15) is 14.0 Å². The van der Waals surface area contributed by atoms with E-state index in [2.05, 4.69) is 10.3 Å². The SMILES string of the molecule is CN(CCCNC(=O)c1ccc(C(N)=O)[nH]1)c1ccccc1F. The van der Waals surface area contributed by atoms with Gasteiger partial charge in [-0.1, -0.05) is 12.1 Å². The molecule has 1 heterocycles. The molecule has 1 aromatic heterocycles. The lowest BCUT2D eigenvalue weighted by atomic mass is 10.2. The molecule has 0 spiro atoms. The van der Waals surface area contributed by atoms with Gasteiger partial charge in [0, 0.05) is 20.1 Å². The number of nitrogens with one attached hydrogen (secondary N) is 2. The summed E-state index contributed by atoms with van der Waals surface area (Å²) >= 11 is 0. The molecular weight excluding hydrogens is 299 g/mol. The molecule has 0 unspecified atom stereocenters. The van der Waals surface area contributed by atoms with Crippen LogP contribution in [0.15, 0.2) is 36.4 Å². The first-order chi connectivity index (χ1) is 11.0. The van der Waals surface area contributed by atoms with Gasteiger partial charge in [-0.2, -0.15) is 0 Å². The average Bonchev–Trinajstić information content (AvgIpc) is 3.02. The minimum Gasteiger partial charge on any atom is -0.372 e. The molecule has 0 saturated heterocycles. The monoisotopic (exact) mass is 318 g/mol. The van der Waals surface area contributed by atoms with Gasteiger partial charge in [0.05, 0.1) is 5.69 Å². The fourth-order valence-corrected chi connectivity index (χ4v) is 2.17. The molecule has 122 valence electrons. The summed E-state index contributed by atoms with van der Waals surface area (Å²) in [4.78, 5) is 27.3. The highest BCUT2D eigenvalue weighted by atomic mass is 19.1. The summed E-state index contributed by atoms with van der Waals surface area (Å²) in [6.07, 6.45) is 0.653. The number of rotatable bonds is 7. The molecule has 0 atom stereocenters. The van der Waals surface area contributed by atoms with Crippen LogP contribution in [0.1, 0.15) is 27.4 Å². The van der Waals surface area contributed by atoms with Gasteiger partial charge >= 0.3 is 0 Å². The van der Waals surface area contributed by atoms with E-state index >= 15 is 0 Å². The van der Waals surface area contributed by atoms with Crippen LogP contribution in [0.5, 0.6) is 0 Å². The van der Waals surface area contributed by atoms with Crippen molar-refractivity contribution < 1.29 is 14.0 Å². The number of hydrogen-bond donors (Lipinski definition) is 3. The smallest absolute Gasteiger partial charge is 0.267 e. The van der Waals surface area contributed by atoms with E-state index in [-0.39, 0.29) is 23.1 Å². The van der Waals surface area contributed by atoms with Crippen LogP contribution in [0.2, 0.25) is 0 Å². The quantitative estimate of drug-likeness (QED) is 0.676. The number of primary amides is 1. The van der Waals surface area contributed by atoms with Crippen LogP contribution < -0.4 is 16.0 Å². The lowest BCUT2D eigenvalue weighted by molar-refractivity contribution is 0.0949. The van der Waals surface area contributed by atoms with Crippen LogP contribution in [-0.4, -0.2) is 36.9 Å². The highest BCUT2D eigenvalue weighted by Crippen LogP contribution is 2.16. The van der Waals surface area contributed by atoms with Gasteiger partial charge in [0.1, 0.15) is 17.2 Å². The number of halogens is 1. The first-order valence-corrected chi connectivity index (χ1v) is 7.21. The van der Waals surface area contributed by atoms with E-state index in [0.29, 0.717) is 25.2 Å². The molecular formula is C16H19FN4O2. The molecule has 0 radical (unpaired) electrons. The van der Waals surface area contributed by atoms with E-state index in [1.54, 1.807) is 30.1 Å². The van der Waals surface area contributed by atoms with Crippen molar-refractivity contribution in [3.05, 3.63) is 53.6 Å². The van der Waals surface area contributed by atoms with Gasteiger partial charge < -0.3 is 20.9 Å². The molecule has 0 aliphatic carbocycles. The maximum absolute atomic E-state index is 13.6. The van der Waals surface area contributed by atoms with Crippen molar-refractivity contribution in [1.82, 2.24) is 10.3 Å². The Morgan fingerprint density at radius 2 is 1.91 bits per heavy atom. The largest absolute Gasteiger partial charge is 0.372 e. The lowest BCUT2D eigenvalue weighted by Gasteiger charge is -2.19. The van der Waals surface area contributed by atoms with Crippen LogP contribution in [-0.2, 0) is 0 Å². The van der Waals surface area contributed by atoms with Gasteiger partial charge in [-0.25, -0.2) is 4.39 Å². The average molecular weight is 318 g/mol. The molecule has 0 bridgehead atoms. The Hall–Kier alpha value is -2.83. The van der Waals surface area contributed by atoms with Crippen molar-refractivity contribution in [2.75, 3.05) is 25.0 Å². The van der Waals surface area contributed by atoms with Gasteiger partial charge in [0.2, 0.25) is 0 Å². The van der Waals surface area contributed by atoms with Crippen molar-refractivity contribution in [2.45, 2.75) is 6.42 Å². The van der Waals surface area contributed by atoms with E-state index in [0.717, 1.165) is 0 Å². The third-order valence-corrected chi connectivity index (χ3v) is 3.42. The van der Waals surface area contributed by atoms with Gasteiger partial charge in [0.25, 0.3) is 11.8 Å². The third kappa shape index (κ3) is 4.32. The molecule has 0 aliphatic rings. The fraction of sp³-hybridized carbons (Fsp3) is 0.250. The van der Waals surface area contributed by atoms with E-state index in [1.807, 2.05) is 0 Å². The molecule has 0 aliphatic heterocycles. The van der Waals surface area contributed by atoms with Gasteiger partial charge in [-0.05, 0) is 30.7 Å². The third-order valence-electron chi connectivity index (χ3n) is 3.42. The summed E-state index contributed by atoms with van der Waals surface area (Å²) in [6, 6.07) is 9.50. The number of anilines is 1. The molecule has 4 N–H and O–H groups in total. The second-order valence-corrected chi connectivity index (χ2v) is 5.13. The summed E-state index contributed by atoms with van der Waals surface area (Å²) in [6.45, 7) is 1.03. The minimum absolute atomic E-state index is 0.189. The maximum Gasteiger partial charge on any atom is 0.267 e. The van der Waals surface area contributed by atoms with Crippen LogP contribution in [0.4, 0.5) is 10.1 Å². The highest BCUT2D eigenvalue weighted by Gasteiger charge is 2.10. The van der Waals surface area contributed by atoms with Crippen LogP contribution in [0.25, 0.3) is 0 Å². The number of aromatic nitrogens is 1. The van der Waals surface area contributed by atoms with Crippen molar-refractivity contribution in [2.24, 2.45) is 5.73 Å². The number of hydrogen-bond acceptors (Lipinski definition) is 3. The predicted octanol–water partition coefficient (Wildman–Crippen LogP) is 1.51. The Morgan fingerprint density at radius 3 is 2.57 bits per heavy atom. The first-order valence-electron chi connectivity index (χ1n) is 7.21. The number of nitrogens with zero attached hydrogens (tertiary/aromatic N) is 1. The van der Waals surface area contributed by atoms with Crippen LogP contribution in [0, 0.1) is 5.82 Å². The van der Waals surface area contributed by atoms with E-state index in [1.165, 1.54) is 18.2 Å². The second kappa shape index (κ2) is 7.44. The molecule has 0 saturated carbocycles. The number of benzene rings is 1. The van der Waals surface area contributed by atoms with Gasteiger partial charge in [-0.15, -0.1) is 0 Å². The normalized spacial score (nSPS) is 10.3. The second-order valence-electron chi connectivity index (χ2n) is 5.13. The van der Waals surface area contributed by atoms with E-state index in [4.69, 9.17) is 5.73 Å². The summed E-state index contributed by atoms with van der Waals surface area (Å²) < 4.78 is 13.6. The molecule has 7 heteroatoms. The van der Waals surface area contributed by atoms with Crippen LogP contribution in [0.3, 0.4) is 0 Å². The summed E-state index contributed by atoms with van der Waals surface area (Å²) in [5.74, 6) is -1.20. The standard InChI is InChI=1S/C16H19FN4O2/c1-21(14-6-3-2-5-11(14)17)10-4-9-19-16(23)13-8-7-12(20-13)15(18)22/h2-3,5-8,20H,4,9-10H2,1H3,(H2,18,22)(H,19,23). The number of H-pyrrole nitrogens is 1. The minimum atomic E-state index is -0.615. The number of carbonyl (C=O) groups excluding carboxylic acids is 2. The number of nitrogens with two attached hydrogens (primary N) is 1. The number of amides is 2. The molecule has 1 aromatic carbocycles. The first kappa shape index (κ1) is 16.5. The molecule has 2 aromatic rings. The zero-order chi connectivity index (χ0) is 16.8. The Balaban J connectivity index is 1.77. The van der Waals surface area contributed by atoms with Crippen molar-refractivity contribution >= 4 is 17.5 Å². The topological polar surface area (TPSA) is 91.2 Å². The molecule has 6 nitrogen and oxygen atoms in total. The summed E-state index contributed by atoms with van der Waals surface area (Å²) in [7, 11) is 1.80. The Bertz CT molecular complexity index is 699. The van der Waals surface area contributed by atoms with E-state index < -0.39 is 5.91 Å². The molecule has 2 rings (SSSR count). The number of aromatic amines is 1. The lowest BCUT2D eigenvalue weighted by Crippen LogP contribution is -2.28. The highest BCUT2D eigenvalue weighted by molar-refractivity contribution is 5.96. The molecule has 2 amide bonds. The number of carbonyl (C=O) groups is 2. The number of para-hydroxylation sites is 1. The Morgan fingerprint density at radius 1 is 1.22 bits per heavy atom. The van der Waals surface area contributed by atoms with Crippen LogP contribution >= 0.6 is 0 Å². The summed E-state index contributed by atoms with van der Waals surface area (Å²) in [5.41, 5.74) is 6.10. The molecule has 0 fully saturated rings. The summed E-state index contributed by atoms with van der Waals surface area (Å²) in [5, 5.41) is 2.73. The van der Waals surface area contributed by atoms with Gasteiger partial charge in [0.15, 0.2) is 0 Å². The van der Waals surface area contributed by atoms with Crippen molar-refractivity contribution in [1.29, 1.82) is 0 Å². The Labute approximate surface area is 133 Å². The Kier molecular flexibility index (Phi) is 5.35. The predicted molar refractivity (Wildman–Crippen MR) is 85.9 cm³/mol. The van der Waals surface area contributed by atoms with Gasteiger partial charge in [-0.3, -0.25) is 9.59 Å². The molecule has 23 heavy (non-hydrogen) atoms. The zero-order valence-electron chi connectivity index (χ0n) is 12.8. The zero-order valence-corrected chi connectivity index (χ0v) is 12.8. The van der Waals surface area contributed by atoms with Crippen molar-refractivity contribution in [3.8, 4) is 0 Å². The maximum atomic E-state index is 13.6. The fourth-order valence-electron chi connectivity index (χ4n) is 2.17.